The quantitative estimate of drug-likeness (QED) is 0.659. The lowest BCUT2D eigenvalue weighted by Gasteiger charge is -2.08. The zero-order valence-corrected chi connectivity index (χ0v) is 14.0. The molecule has 0 aliphatic rings. The summed E-state index contributed by atoms with van der Waals surface area (Å²) in [5.74, 6) is -0.468. The third-order valence-electron chi connectivity index (χ3n) is 3.81. The monoisotopic (exact) mass is 346 g/mol. The van der Waals surface area contributed by atoms with Crippen LogP contribution in [0, 0.1) is 0 Å². The van der Waals surface area contributed by atoms with E-state index in [9.17, 15) is 9.59 Å². The second-order valence-electron chi connectivity index (χ2n) is 5.71. The Kier molecular flexibility index (Phi) is 5.41. The Morgan fingerprint density at radius 2 is 1.31 bits per heavy atom. The van der Waals surface area contributed by atoms with E-state index in [4.69, 9.17) is 5.11 Å². The van der Waals surface area contributed by atoms with Gasteiger partial charge in [0.25, 0.3) is 11.8 Å². The van der Waals surface area contributed by atoms with Gasteiger partial charge in [0.2, 0.25) is 0 Å². The second kappa shape index (κ2) is 8.09. The number of carbonyl (C=O) groups excluding carboxylic acids is 2. The predicted molar refractivity (Wildman–Crippen MR) is 101 cm³/mol. The number of amides is 2. The molecule has 0 unspecified atom stereocenters. The van der Waals surface area contributed by atoms with Crippen molar-refractivity contribution < 1.29 is 14.7 Å². The summed E-state index contributed by atoms with van der Waals surface area (Å²) in [5, 5.41) is 14.7. The van der Waals surface area contributed by atoms with E-state index in [0.29, 0.717) is 22.5 Å². The van der Waals surface area contributed by atoms with Gasteiger partial charge in [-0.2, -0.15) is 0 Å². The molecule has 0 spiro atoms. The molecule has 3 aromatic rings. The average molecular weight is 346 g/mol. The van der Waals surface area contributed by atoms with E-state index < -0.39 is 0 Å². The Labute approximate surface area is 151 Å². The average Bonchev–Trinajstić information content (AvgIpc) is 2.69. The third kappa shape index (κ3) is 4.34. The zero-order valence-electron chi connectivity index (χ0n) is 14.0. The van der Waals surface area contributed by atoms with Gasteiger partial charge in [-0.25, -0.2) is 0 Å². The summed E-state index contributed by atoms with van der Waals surface area (Å²) < 4.78 is 0. The number of rotatable bonds is 5. The molecule has 0 aliphatic carbocycles. The number of aliphatic hydroxyl groups excluding tert-OH is 1. The standard InChI is InChI=1S/C21H18N2O3/c24-14-15-5-4-8-19(13-15)23-21(26)17-9-11-18(12-10-17)22-20(25)16-6-2-1-3-7-16/h1-13,24H,14H2,(H,22,25)(H,23,26). The van der Waals surface area contributed by atoms with E-state index >= 15 is 0 Å². The topological polar surface area (TPSA) is 78.4 Å². The number of anilines is 2. The predicted octanol–water partition coefficient (Wildman–Crippen LogP) is 3.68. The lowest BCUT2D eigenvalue weighted by molar-refractivity contribution is 0.102. The fraction of sp³-hybridized carbons (Fsp3) is 0.0476. The summed E-state index contributed by atoms with van der Waals surface area (Å²) in [6.45, 7) is -0.0838. The maximum atomic E-state index is 12.3. The Balaban J connectivity index is 1.65. The molecule has 26 heavy (non-hydrogen) atoms. The van der Waals surface area contributed by atoms with Crippen LogP contribution in [0.2, 0.25) is 0 Å². The molecule has 0 radical (unpaired) electrons. The molecule has 5 nitrogen and oxygen atoms in total. The molecule has 5 heteroatoms. The number of hydrogen-bond acceptors (Lipinski definition) is 3. The highest BCUT2D eigenvalue weighted by Gasteiger charge is 2.08. The molecule has 0 aliphatic heterocycles. The van der Waals surface area contributed by atoms with Gasteiger partial charge >= 0.3 is 0 Å². The van der Waals surface area contributed by atoms with Crippen LogP contribution < -0.4 is 10.6 Å². The van der Waals surface area contributed by atoms with Gasteiger partial charge in [-0.15, -0.1) is 0 Å². The molecule has 0 saturated heterocycles. The van der Waals surface area contributed by atoms with Crippen molar-refractivity contribution in [3.63, 3.8) is 0 Å². The molecular formula is C21H18N2O3. The van der Waals surface area contributed by atoms with Crippen LogP contribution in [0.1, 0.15) is 26.3 Å². The number of hydrogen-bond donors (Lipinski definition) is 3. The first kappa shape index (κ1) is 17.4. The van der Waals surface area contributed by atoms with Crippen LogP contribution in [0.3, 0.4) is 0 Å². The molecule has 0 saturated carbocycles. The van der Waals surface area contributed by atoms with Crippen molar-refractivity contribution >= 4 is 23.2 Å². The van der Waals surface area contributed by atoms with Gasteiger partial charge in [-0.05, 0) is 54.1 Å². The summed E-state index contributed by atoms with van der Waals surface area (Å²) in [6.07, 6.45) is 0. The normalized spacial score (nSPS) is 10.2. The molecule has 0 fully saturated rings. The Morgan fingerprint density at radius 3 is 1.96 bits per heavy atom. The molecule has 0 aromatic heterocycles. The summed E-state index contributed by atoms with van der Waals surface area (Å²) in [6, 6.07) is 22.6. The van der Waals surface area contributed by atoms with Crippen LogP contribution in [-0.2, 0) is 6.61 Å². The summed E-state index contributed by atoms with van der Waals surface area (Å²) in [7, 11) is 0. The van der Waals surface area contributed by atoms with E-state index in [1.165, 1.54) is 0 Å². The minimum absolute atomic E-state index is 0.0838. The minimum Gasteiger partial charge on any atom is -0.392 e. The van der Waals surface area contributed by atoms with Crippen LogP contribution >= 0.6 is 0 Å². The van der Waals surface area contributed by atoms with E-state index in [-0.39, 0.29) is 18.4 Å². The van der Waals surface area contributed by atoms with Crippen LogP contribution in [0.15, 0.2) is 78.9 Å². The molecule has 3 aromatic carbocycles. The summed E-state index contributed by atoms with van der Waals surface area (Å²) in [4.78, 5) is 24.4. The van der Waals surface area contributed by atoms with Crippen LogP contribution in [0.5, 0.6) is 0 Å². The zero-order chi connectivity index (χ0) is 18.4. The van der Waals surface area contributed by atoms with E-state index in [1.54, 1.807) is 72.8 Å². The first-order valence-corrected chi connectivity index (χ1v) is 8.13. The van der Waals surface area contributed by atoms with E-state index in [0.717, 1.165) is 5.56 Å². The van der Waals surface area contributed by atoms with E-state index in [1.807, 2.05) is 6.07 Å². The second-order valence-corrected chi connectivity index (χ2v) is 5.71. The fourth-order valence-corrected chi connectivity index (χ4v) is 2.45. The number of carbonyl (C=O) groups is 2. The van der Waals surface area contributed by atoms with Gasteiger partial charge in [0.1, 0.15) is 0 Å². The SMILES string of the molecule is O=C(Nc1ccc(C(=O)Nc2cccc(CO)c2)cc1)c1ccccc1. The highest BCUT2D eigenvalue weighted by Crippen LogP contribution is 2.15. The largest absolute Gasteiger partial charge is 0.392 e. The van der Waals surface area contributed by atoms with Gasteiger partial charge in [-0.3, -0.25) is 9.59 Å². The lowest BCUT2D eigenvalue weighted by Crippen LogP contribution is -2.13. The highest BCUT2D eigenvalue weighted by molar-refractivity contribution is 6.06. The van der Waals surface area contributed by atoms with Crippen molar-refractivity contribution in [2.45, 2.75) is 6.61 Å². The molecular weight excluding hydrogens is 328 g/mol. The van der Waals surface area contributed by atoms with Gasteiger partial charge in [0.15, 0.2) is 0 Å². The number of benzene rings is 3. The summed E-state index contributed by atoms with van der Waals surface area (Å²) in [5.41, 5.74) is 2.98. The first-order chi connectivity index (χ1) is 12.7. The lowest BCUT2D eigenvalue weighted by atomic mass is 10.1. The van der Waals surface area contributed by atoms with Crippen molar-refractivity contribution in [1.29, 1.82) is 0 Å². The fourth-order valence-electron chi connectivity index (χ4n) is 2.45. The van der Waals surface area contributed by atoms with Crippen molar-refractivity contribution in [2.75, 3.05) is 10.6 Å². The maximum absolute atomic E-state index is 12.3. The molecule has 130 valence electrons. The molecule has 0 atom stereocenters. The van der Waals surface area contributed by atoms with Crippen molar-refractivity contribution in [1.82, 2.24) is 0 Å². The molecule has 2 amide bonds. The Bertz CT molecular complexity index is 906. The highest BCUT2D eigenvalue weighted by atomic mass is 16.3. The smallest absolute Gasteiger partial charge is 0.255 e. The molecule has 0 heterocycles. The third-order valence-corrected chi connectivity index (χ3v) is 3.81. The first-order valence-electron chi connectivity index (χ1n) is 8.13. The van der Waals surface area contributed by atoms with Gasteiger partial charge in [0.05, 0.1) is 6.61 Å². The van der Waals surface area contributed by atoms with E-state index in [2.05, 4.69) is 10.6 Å². The van der Waals surface area contributed by atoms with Crippen LogP contribution in [0.25, 0.3) is 0 Å². The number of aliphatic hydroxyl groups is 1. The minimum atomic E-state index is -0.263. The van der Waals surface area contributed by atoms with Crippen molar-refractivity contribution in [2.24, 2.45) is 0 Å². The van der Waals surface area contributed by atoms with Crippen LogP contribution in [0.4, 0.5) is 11.4 Å². The maximum Gasteiger partial charge on any atom is 0.255 e. The van der Waals surface area contributed by atoms with Crippen LogP contribution in [-0.4, -0.2) is 16.9 Å². The number of nitrogens with one attached hydrogen (secondary N) is 2. The van der Waals surface area contributed by atoms with Gasteiger partial charge in [-0.1, -0.05) is 30.3 Å². The van der Waals surface area contributed by atoms with Gasteiger partial charge < -0.3 is 15.7 Å². The Morgan fingerprint density at radius 1 is 0.692 bits per heavy atom. The summed E-state index contributed by atoms with van der Waals surface area (Å²) >= 11 is 0. The van der Waals surface area contributed by atoms with Crippen molar-refractivity contribution in [3.8, 4) is 0 Å². The molecule has 0 bridgehead atoms. The molecule has 3 rings (SSSR count). The van der Waals surface area contributed by atoms with Gasteiger partial charge in [0, 0.05) is 22.5 Å². The Hall–Kier alpha value is -3.44. The van der Waals surface area contributed by atoms with Crippen molar-refractivity contribution in [3.05, 3.63) is 95.6 Å². The molecule has 3 N–H and O–H groups in total.